The van der Waals surface area contributed by atoms with Crippen LogP contribution in [0.1, 0.15) is 25.5 Å². The Labute approximate surface area is 195 Å². The van der Waals surface area contributed by atoms with Crippen LogP contribution >= 0.6 is 35.4 Å². The Balaban J connectivity index is 1.70. The van der Waals surface area contributed by atoms with E-state index in [2.05, 4.69) is 15.6 Å². The monoisotopic (exact) mass is 483 g/mol. The maximum absolute atomic E-state index is 11.7. The van der Waals surface area contributed by atoms with Crippen LogP contribution in [-0.4, -0.2) is 56.8 Å². The number of thiocarbonyl (C=S) groups is 1. The van der Waals surface area contributed by atoms with E-state index in [-0.39, 0.29) is 17.6 Å². The molecule has 2 aromatic rings. The summed E-state index contributed by atoms with van der Waals surface area (Å²) >= 11 is 17.5. The quantitative estimate of drug-likeness (QED) is 0.297. The van der Waals surface area contributed by atoms with E-state index in [1.807, 2.05) is 4.90 Å². The van der Waals surface area contributed by atoms with Crippen LogP contribution in [0.15, 0.2) is 23.3 Å². The van der Waals surface area contributed by atoms with Crippen LogP contribution in [0.3, 0.4) is 0 Å². The molecule has 31 heavy (non-hydrogen) atoms. The highest BCUT2D eigenvalue weighted by Gasteiger charge is 2.26. The van der Waals surface area contributed by atoms with Crippen molar-refractivity contribution in [2.75, 3.05) is 20.2 Å². The first kappa shape index (κ1) is 23.3. The van der Waals surface area contributed by atoms with E-state index < -0.39 is 0 Å². The van der Waals surface area contributed by atoms with E-state index in [1.54, 1.807) is 36.9 Å². The van der Waals surface area contributed by atoms with Gasteiger partial charge < -0.3 is 14.7 Å². The number of aromatic hydroxyl groups is 1. The summed E-state index contributed by atoms with van der Waals surface area (Å²) in [6.45, 7) is 2.99. The number of hydrazone groups is 1. The maximum Gasteiger partial charge on any atom is 0.308 e. The fraction of sp³-hybridized carbons (Fsp3) is 0.400. The minimum absolute atomic E-state index is 0.0197. The molecule has 0 amide bonds. The number of aryl methyl sites for hydroxylation is 1. The van der Waals surface area contributed by atoms with E-state index in [9.17, 15) is 9.90 Å². The lowest BCUT2D eigenvalue weighted by Crippen LogP contribution is -2.44. The number of carbonyl (C=O) groups excluding carboxylic acids is 1. The second-order valence-electron chi connectivity index (χ2n) is 7.20. The molecule has 166 valence electrons. The third-order valence-corrected chi connectivity index (χ3v) is 6.28. The first-order chi connectivity index (χ1) is 14.7. The zero-order valence-corrected chi connectivity index (χ0v) is 19.7. The second kappa shape index (κ2) is 9.84. The van der Waals surface area contributed by atoms with Gasteiger partial charge in [0.1, 0.15) is 5.69 Å². The molecule has 0 aliphatic carbocycles. The lowest BCUT2D eigenvalue weighted by molar-refractivity contribution is -0.146. The van der Waals surface area contributed by atoms with Crippen LogP contribution in [0.2, 0.25) is 10.0 Å². The van der Waals surface area contributed by atoms with Gasteiger partial charge in [0.05, 0.1) is 28.8 Å². The molecule has 0 unspecified atom stereocenters. The number of rotatable bonds is 4. The topological polar surface area (TPSA) is 92.0 Å². The number of nitrogens with one attached hydrogen (secondary N) is 1. The number of ether oxygens (including phenoxy) is 1. The molecule has 3 rings (SSSR count). The summed E-state index contributed by atoms with van der Waals surface area (Å²) in [6.07, 6.45) is 1.34. The first-order valence-electron chi connectivity index (χ1n) is 9.61. The van der Waals surface area contributed by atoms with Gasteiger partial charge in [-0.2, -0.15) is 10.2 Å². The Morgan fingerprint density at radius 1 is 1.32 bits per heavy atom. The average molecular weight is 484 g/mol. The molecule has 11 heteroatoms. The van der Waals surface area contributed by atoms with Crippen LogP contribution in [0.25, 0.3) is 11.3 Å². The summed E-state index contributed by atoms with van der Waals surface area (Å²) < 4.78 is 6.36. The van der Waals surface area contributed by atoms with Gasteiger partial charge >= 0.3 is 5.97 Å². The van der Waals surface area contributed by atoms with Crippen molar-refractivity contribution in [1.29, 1.82) is 0 Å². The van der Waals surface area contributed by atoms with Gasteiger partial charge in [-0.1, -0.05) is 29.3 Å². The van der Waals surface area contributed by atoms with Gasteiger partial charge in [0.25, 0.3) is 0 Å². The summed E-state index contributed by atoms with van der Waals surface area (Å²) in [7, 11) is 3.12. The molecule has 0 bridgehead atoms. The lowest BCUT2D eigenvalue weighted by Gasteiger charge is -2.31. The third-order valence-electron chi connectivity index (χ3n) is 5.19. The van der Waals surface area contributed by atoms with Crippen molar-refractivity contribution in [3.8, 4) is 17.0 Å². The Bertz CT molecular complexity index is 1030. The normalized spacial score (nSPS) is 15.1. The second-order valence-corrected chi connectivity index (χ2v) is 8.40. The zero-order chi connectivity index (χ0) is 22.7. The first-order valence-corrected chi connectivity index (χ1v) is 10.8. The fourth-order valence-corrected chi connectivity index (χ4v) is 3.99. The van der Waals surface area contributed by atoms with Gasteiger partial charge in [-0.15, -0.1) is 0 Å². The minimum atomic E-state index is -0.184. The van der Waals surface area contributed by atoms with E-state index >= 15 is 0 Å². The molecule has 8 nitrogen and oxygen atoms in total. The van der Waals surface area contributed by atoms with Crippen molar-refractivity contribution >= 4 is 52.2 Å². The summed E-state index contributed by atoms with van der Waals surface area (Å²) in [5.74, 6) is -0.302. The molecular weight excluding hydrogens is 461 g/mol. The minimum Gasteiger partial charge on any atom is -0.504 e. The van der Waals surface area contributed by atoms with Gasteiger partial charge in [0.15, 0.2) is 16.6 Å². The van der Waals surface area contributed by atoms with Crippen molar-refractivity contribution in [2.45, 2.75) is 19.8 Å². The summed E-state index contributed by atoms with van der Waals surface area (Å²) in [6, 6.07) is 5.09. The number of halogens is 2. The standard InChI is InChI=1S/C20H23Cl2N5O3S/c1-11(23-24-20(31)27-8-6-12(7-9-27)19(29)30-3)16-18(28)17(26(2)25-16)13-4-5-14(21)15(22)10-13/h4-5,10,12,28H,6-9H2,1-3H3,(H,24,31)/b23-11+. The molecule has 2 N–H and O–H groups in total. The molecule has 1 aliphatic rings. The van der Waals surface area contributed by atoms with Crippen LogP contribution in [0.4, 0.5) is 0 Å². The molecule has 0 atom stereocenters. The largest absolute Gasteiger partial charge is 0.504 e. The number of nitrogens with zero attached hydrogens (tertiary/aromatic N) is 4. The molecule has 0 spiro atoms. The molecular formula is C20H23Cl2N5O3S. The Morgan fingerprint density at radius 3 is 2.61 bits per heavy atom. The van der Waals surface area contributed by atoms with Crippen LogP contribution in [0, 0.1) is 5.92 Å². The molecule has 1 aromatic heterocycles. The number of benzene rings is 1. The average Bonchev–Trinajstić information content (AvgIpc) is 3.07. The summed E-state index contributed by atoms with van der Waals surface area (Å²) in [5.41, 5.74) is 4.81. The number of piperidine rings is 1. The van der Waals surface area contributed by atoms with E-state index in [4.69, 9.17) is 40.2 Å². The van der Waals surface area contributed by atoms with Crippen molar-refractivity contribution in [3.05, 3.63) is 33.9 Å². The van der Waals surface area contributed by atoms with E-state index in [0.29, 0.717) is 63.8 Å². The smallest absolute Gasteiger partial charge is 0.308 e. The van der Waals surface area contributed by atoms with Gasteiger partial charge in [0.2, 0.25) is 0 Å². The number of carbonyl (C=O) groups is 1. The van der Waals surface area contributed by atoms with Crippen LogP contribution in [0.5, 0.6) is 5.75 Å². The Hall–Kier alpha value is -2.36. The SMILES string of the molecule is COC(=O)C1CCN(C(=S)N/N=C(\C)c2nn(C)c(-c3ccc(Cl)c(Cl)c3)c2O)CC1. The molecule has 2 heterocycles. The van der Waals surface area contributed by atoms with Crippen molar-refractivity contribution in [3.63, 3.8) is 0 Å². The molecule has 1 fully saturated rings. The van der Waals surface area contributed by atoms with Gasteiger partial charge in [-0.05, 0) is 44.1 Å². The Kier molecular flexibility index (Phi) is 7.40. The maximum atomic E-state index is 11.7. The summed E-state index contributed by atoms with van der Waals surface area (Å²) in [5, 5.41) is 20.7. The number of aromatic nitrogens is 2. The highest BCUT2D eigenvalue weighted by atomic mass is 35.5. The van der Waals surface area contributed by atoms with Gasteiger partial charge in [0, 0.05) is 25.7 Å². The van der Waals surface area contributed by atoms with Gasteiger partial charge in [-0.3, -0.25) is 14.9 Å². The molecule has 0 radical (unpaired) electrons. The fourth-order valence-electron chi connectivity index (χ4n) is 3.46. The lowest BCUT2D eigenvalue weighted by atomic mass is 9.97. The number of likely N-dealkylation sites (tertiary alicyclic amines) is 1. The van der Waals surface area contributed by atoms with Crippen LogP contribution in [-0.2, 0) is 16.6 Å². The highest BCUT2D eigenvalue weighted by molar-refractivity contribution is 7.80. The van der Waals surface area contributed by atoms with Crippen molar-refractivity contribution in [2.24, 2.45) is 18.1 Å². The van der Waals surface area contributed by atoms with Gasteiger partial charge in [-0.25, -0.2) is 0 Å². The highest BCUT2D eigenvalue weighted by Crippen LogP contribution is 2.35. The zero-order valence-electron chi connectivity index (χ0n) is 17.4. The van der Waals surface area contributed by atoms with Crippen LogP contribution < -0.4 is 5.43 Å². The number of hydrogen-bond donors (Lipinski definition) is 2. The van der Waals surface area contributed by atoms with E-state index in [0.717, 1.165) is 0 Å². The number of hydrogen-bond acceptors (Lipinski definition) is 6. The third kappa shape index (κ3) is 5.11. The predicted molar refractivity (Wildman–Crippen MR) is 125 cm³/mol. The predicted octanol–water partition coefficient (Wildman–Crippen LogP) is 3.58. The number of esters is 1. The molecule has 0 saturated carbocycles. The molecule has 1 aromatic carbocycles. The molecule has 1 saturated heterocycles. The Morgan fingerprint density at radius 2 is 2.00 bits per heavy atom. The van der Waals surface area contributed by atoms with Crippen molar-refractivity contribution < 1.29 is 14.6 Å². The van der Waals surface area contributed by atoms with E-state index in [1.165, 1.54) is 7.11 Å². The molecule has 1 aliphatic heterocycles. The van der Waals surface area contributed by atoms with Crippen molar-refractivity contribution in [1.82, 2.24) is 20.1 Å². The number of methoxy groups -OCH3 is 1. The summed E-state index contributed by atoms with van der Waals surface area (Å²) in [4.78, 5) is 13.6.